The SMILES string of the molecule is COC(=O)/C(C#N)=C(C)/C=C\c1ccc(OC)cc1. The van der Waals surface area contributed by atoms with Gasteiger partial charge in [0.25, 0.3) is 0 Å². The van der Waals surface area contributed by atoms with E-state index in [4.69, 9.17) is 10.00 Å². The fraction of sp³-hybridized carbons (Fsp3) is 0.200. The molecule has 4 heteroatoms. The molecule has 4 nitrogen and oxygen atoms in total. The summed E-state index contributed by atoms with van der Waals surface area (Å²) < 4.78 is 9.60. The molecule has 0 spiro atoms. The van der Waals surface area contributed by atoms with E-state index in [2.05, 4.69) is 4.74 Å². The van der Waals surface area contributed by atoms with Crippen molar-refractivity contribution in [3.63, 3.8) is 0 Å². The van der Waals surface area contributed by atoms with Crippen LogP contribution in [0.1, 0.15) is 12.5 Å². The molecule has 0 radical (unpaired) electrons. The van der Waals surface area contributed by atoms with Gasteiger partial charge in [0.1, 0.15) is 17.4 Å². The van der Waals surface area contributed by atoms with Crippen molar-refractivity contribution in [2.24, 2.45) is 0 Å². The second-order valence-electron chi connectivity index (χ2n) is 3.77. The summed E-state index contributed by atoms with van der Waals surface area (Å²) in [4.78, 5) is 11.3. The predicted molar refractivity (Wildman–Crippen MR) is 72.4 cm³/mol. The number of esters is 1. The van der Waals surface area contributed by atoms with Crippen molar-refractivity contribution in [3.05, 3.63) is 47.1 Å². The zero-order valence-corrected chi connectivity index (χ0v) is 11.1. The summed E-state index contributed by atoms with van der Waals surface area (Å²) in [6, 6.07) is 9.28. The van der Waals surface area contributed by atoms with Gasteiger partial charge in [-0.25, -0.2) is 4.79 Å². The number of hydrogen-bond donors (Lipinski definition) is 0. The highest BCUT2D eigenvalue weighted by Gasteiger charge is 2.10. The quantitative estimate of drug-likeness (QED) is 0.360. The molecular weight excluding hydrogens is 242 g/mol. The molecule has 0 heterocycles. The number of rotatable bonds is 4. The van der Waals surface area contributed by atoms with Gasteiger partial charge in [0, 0.05) is 0 Å². The van der Waals surface area contributed by atoms with E-state index in [9.17, 15) is 4.79 Å². The largest absolute Gasteiger partial charge is 0.497 e. The third-order valence-electron chi connectivity index (χ3n) is 2.54. The minimum atomic E-state index is -0.626. The Kier molecular flexibility index (Phi) is 5.36. The van der Waals surface area contributed by atoms with Crippen LogP contribution in [0.15, 0.2) is 41.5 Å². The van der Waals surface area contributed by atoms with E-state index in [0.29, 0.717) is 5.57 Å². The summed E-state index contributed by atoms with van der Waals surface area (Å²) in [7, 11) is 2.85. The number of hydrogen-bond acceptors (Lipinski definition) is 4. The van der Waals surface area contributed by atoms with Crippen molar-refractivity contribution in [1.29, 1.82) is 5.26 Å². The van der Waals surface area contributed by atoms with Crippen molar-refractivity contribution >= 4 is 12.0 Å². The standard InChI is InChI=1S/C15H15NO3/c1-11(14(10-16)15(17)19-3)4-5-12-6-8-13(18-2)9-7-12/h4-9H,1-3H3/b5-4-,14-11+. The molecule has 1 rings (SSSR count). The summed E-state index contributed by atoms with van der Waals surface area (Å²) in [6.07, 6.45) is 3.52. The molecule has 0 fully saturated rings. The summed E-state index contributed by atoms with van der Waals surface area (Å²) in [5.41, 5.74) is 1.51. The van der Waals surface area contributed by atoms with Gasteiger partial charge in [-0.05, 0) is 30.2 Å². The summed E-state index contributed by atoms with van der Waals surface area (Å²) in [6.45, 7) is 1.69. The maximum atomic E-state index is 11.3. The molecule has 0 aliphatic heterocycles. The van der Waals surface area contributed by atoms with E-state index in [1.54, 1.807) is 20.1 Å². The van der Waals surface area contributed by atoms with E-state index < -0.39 is 5.97 Å². The number of nitrogens with zero attached hydrogens (tertiary/aromatic N) is 1. The number of carbonyl (C=O) groups is 1. The maximum absolute atomic E-state index is 11.3. The van der Waals surface area contributed by atoms with Gasteiger partial charge in [-0.3, -0.25) is 0 Å². The lowest BCUT2D eigenvalue weighted by Gasteiger charge is -2.00. The average Bonchev–Trinajstić information content (AvgIpc) is 2.46. The number of allylic oxidation sites excluding steroid dienone is 2. The van der Waals surface area contributed by atoms with Crippen LogP contribution in [0.3, 0.4) is 0 Å². The van der Waals surface area contributed by atoms with Crippen LogP contribution >= 0.6 is 0 Å². The lowest BCUT2D eigenvalue weighted by Crippen LogP contribution is -2.04. The number of benzene rings is 1. The van der Waals surface area contributed by atoms with Crippen LogP contribution in [0.25, 0.3) is 6.08 Å². The smallest absolute Gasteiger partial charge is 0.348 e. The van der Waals surface area contributed by atoms with E-state index in [0.717, 1.165) is 11.3 Å². The predicted octanol–water partition coefficient (Wildman–Crippen LogP) is 2.72. The van der Waals surface area contributed by atoms with Crippen molar-refractivity contribution < 1.29 is 14.3 Å². The molecular formula is C15H15NO3. The van der Waals surface area contributed by atoms with Gasteiger partial charge >= 0.3 is 5.97 Å². The molecule has 1 aromatic rings. The van der Waals surface area contributed by atoms with Gasteiger partial charge < -0.3 is 9.47 Å². The number of methoxy groups -OCH3 is 2. The molecule has 0 aliphatic carbocycles. The molecule has 98 valence electrons. The minimum absolute atomic E-state index is 0.00672. The maximum Gasteiger partial charge on any atom is 0.348 e. The molecule has 0 unspecified atom stereocenters. The fourth-order valence-corrected chi connectivity index (χ4v) is 1.42. The number of nitriles is 1. The van der Waals surface area contributed by atoms with Gasteiger partial charge in [-0.15, -0.1) is 0 Å². The molecule has 0 N–H and O–H groups in total. The molecule has 0 saturated carbocycles. The molecule has 0 saturated heterocycles. The Balaban J connectivity index is 2.93. The number of ether oxygens (including phenoxy) is 2. The van der Waals surface area contributed by atoms with Crippen LogP contribution in [0.5, 0.6) is 5.75 Å². The van der Waals surface area contributed by atoms with Crippen molar-refractivity contribution in [1.82, 2.24) is 0 Å². The first kappa shape index (κ1) is 14.5. The fourth-order valence-electron chi connectivity index (χ4n) is 1.42. The molecule has 0 bridgehead atoms. The van der Waals surface area contributed by atoms with E-state index in [1.807, 2.05) is 36.4 Å². The Morgan fingerprint density at radius 3 is 2.37 bits per heavy atom. The monoisotopic (exact) mass is 257 g/mol. The lowest BCUT2D eigenvalue weighted by atomic mass is 10.1. The Morgan fingerprint density at radius 2 is 1.89 bits per heavy atom. The van der Waals surface area contributed by atoms with Crippen LogP contribution in [0, 0.1) is 11.3 Å². The first-order valence-electron chi connectivity index (χ1n) is 5.63. The Bertz CT molecular complexity index is 548. The Morgan fingerprint density at radius 1 is 1.26 bits per heavy atom. The Hall–Kier alpha value is -2.54. The van der Waals surface area contributed by atoms with E-state index >= 15 is 0 Å². The van der Waals surface area contributed by atoms with Gasteiger partial charge in [0.05, 0.1) is 14.2 Å². The van der Waals surface area contributed by atoms with Gasteiger partial charge in [-0.1, -0.05) is 24.3 Å². The summed E-state index contributed by atoms with van der Waals surface area (Å²) in [5, 5.41) is 8.90. The molecule has 0 atom stereocenters. The second-order valence-corrected chi connectivity index (χ2v) is 3.77. The molecule has 0 aromatic heterocycles. The van der Waals surface area contributed by atoms with E-state index in [-0.39, 0.29) is 5.57 Å². The molecule has 0 amide bonds. The summed E-state index contributed by atoms with van der Waals surface area (Å²) >= 11 is 0. The Labute approximate surface area is 112 Å². The van der Waals surface area contributed by atoms with Crippen molar-refractivity contribution in [2.45, 2.75) is 6.92 Å². The first-order chi connectivity index (χ1) is 9.12. The third-order valence-corrected chi connectivity index (χ3v) is 2.54. The highest BCUT2D eigenvalue weighted by Crippen LogP contribution is 2.14. The van der Waals surface area contributed by atoms with Crippen LogP contribution < -0.4 is 4.74 Å². The molecule has 0 aliphatic rings. The van der Waals surface area contributed by atoms with Crippen LogP contribution in [-0.2, 0) is 9.53 Å². The highest BCUT2D eigenvalue weighted by atomic mass is 16.5. The molecule has 1 aromatic carbocycles. The van der Waals surface area contributed by atoms with Crippen LogP contribution in [0.4, 0.5) is 0 Å². The molecule has 19 heavy (non-hydrogen) atoms. The summed E-state index contributed by atoms with van der Waals surface area (Å²) in [5.74, 6) is 0.149. The van der Waals surface area contributed by atoms with E-state index in [1.165, 1.54) is 7.11 Å². The van der Waals surface area contributed by atoms with Crippen LogP contribution in [0.2, 0.25) is 0 Å². The average molecular weight is 257 g/mol. The third kappa shape index (κ3) is 4.00. The second kappa shape index (κ2) is 7.02. The zero-order chi connectivity index (χ0) is 14.3. The van der Waals surface area contributed by atoms with Crippen molar-refractivity contribution in [2.75, 3.05) is 14.2 Å². The normalized spacial score (nSPS) is 11.7. The van der Waals surface area contributed by atoms with Gasteiger partial charge in [0.15, 0.2) is 0 Å². The minimum Gasteiger partial charge on any atom is -0.497 e. The van der Waals surface area contributed by atoms with Gasteiger partial charge in [0.2, 0.25) is 0 Å². The lowest BCUT2D eigenvalue weighted by molar-refractivity contribution is -0.135. The number of carbonyl (C=O) groups excluding carboxylic acids is 1. The first-order valence-corrected chi connectivity index (χ1v) is 5.63. The van der Waals surface area contributed by atoms with Crippen molar-refractivity contribution in [3.8, 4) is 11.8 Å². The van der Waals surface area contributed by atoms with Gasteiger partial charge in [-0.2, -0.15) is 5.26 Å². The highest BCUT2D eigenvalue weighted by molar-refractivity contribution is 5.94. The topological polar surface area (TPSA) is 59.3 Å². The van der Waals surface area contributed by atoms with Crippen LogP contribution in [-0.4, -0.2) is 20.2 Å². The zero-order valence-electron chi connectivity index (χ0n) is 11.1.